The average Bonchev–Trinajstić information content (AvgIpc) is 2.64. The number of carbonyl (C=O) groups excluding carboxylic acids is 1. The van der Waals surface area contributed by atoms with Crippen LogP contribution in [0.5, 0.6) is 5.75 Å². The maximum Gasteiger partial charge on any atom is 0.337 e. The summed E-state index contributed by atoms with van der Waals surface area (Å²) in [4.78, 5) is 11.6. The van der Waals surface area contributed by atoms with Gasteiger partial charge in [0.05, 0.1) is 12.7 Å². The summed E-state index contributed by atoms with van der Waals surface area (Å²) in [5, 5.41) is 10.5. The highest BCUT2D eigenvalue weighted by Gasteiger charge is 2.23. The van der Waals surface area contributed by atoms with Crippen LogP contribution in [-0.4, -0.2) is 18.2 Å². The van der Waals surface area contributed by atoms with Crippen LogP contribution in [0.4, 0.5) is 0 Å². The van der Waals surface area contributed by atoms with Gasteiger partial charge in [-0.3, -0.25) is 0 Å². The first kappa shape index (κ1) is 12.7. The number of hydrogen-bond acceptors (Lipinski definition) is 4. The van der Waals surface area contributed by atoms with E-state index in [2.05, 4.69) is 0 Å². The lowest BCUT2D eigenvalue weighted by molar-refractivity contribution is 0.0600. The third kappa shape index (κ3) is 2.04. The Labute approximate surface area is 116 Å². The second-order valence-corrected chi connectivity index (χ2v) is 4.63. The summed E-state index contributed by atoms with van der Waals surface area (Å²) >= 11 is 0. The number of carbonyl (C=O) groups is 1. The second-order valence-electron chi connectivity index (χ2n) is 4.63. The summed E-state index contributed by atoms with van der Waals surface area (Å²) in [5.41, 5.74) is 2.66. The molecule has 4 nitrogen and oxygen atoms in total. The number of methoxy groups -OCH3 is 1. The third-order valence-electron chi connectivity index (χ3n) is 3.46. The zero-order valence-corrected chi connectivity index (χ0v) is 11.0. The molecule has 0 spiro atoms. The molecule has 1 atom stereocenters. The Hall–Kier alpha value is -2.33. The number of hydrogen-bond donors (Lipinski definition) is 1. The standard InChI is InChI=1S/C16H14O4/c1-19-16(18)10-6-7-11-9-20-14-5-3-2-4-12(14)15(17)13(11)8-10/h2-8,15,17H,9H2,1H3/t15-/m0/s1. The molecule has 0 aliphatic carbocycles. The second kappa shape index (κ2) is 4.98. The summed E-state index contributed by atoms with van der Waals surface area (Å²) in [6.45, 7) is 0.366. The lowest BCUT2D eigenvalue weighted by Crippen LogP contribution is -2.06. The van der Waals surface area contributed by atoms with Gasteiger partial charge in [0.15, 0.2) is 0 Å². The Balaban J connectivity index is 2.11. The maximum atomic E-state index is 11.6. The van der Waals surface area contributed by atoms with Gasteiger partial charge < -0.3 is 14.6 Å². The molecule has 0 fully saturated rings. The van der Waals surface area contributed by atoms with E-state index >= 15 is 0 Å². The number of esters is 1. The molecule has 0 saturated carbocycles. The van der Waals surface area contributed by atoms with E-state index in [4.69, 9.17) is 9.47 Å². The number of para-hydroxylation sites is 1. The largest absolute Gasteiger partial charge is 0.488 e. The minimum absolute atomic E-state index is 0.366. The van der Waals surface area contributed by atoms with Gasteiger partial charge in [0.25, 0.3) is 0 Å². The molecule has 0 saturated heterocycles. The molecule has 20 heavy (non-hydrogen) atoms. The number of ether oxygens (including phenoxy) is 2. The number of aliphatic hydroxyl groups is 1. The van der Waals surface area contributed by atoms with Crippen molar-refractivity contribution >= 4 is 5.97 Å². The Morgan fingerprint density at radius 2 is 2.05 bits per heavy atom. The van der Waals surface area contributed by atoms with Crippen molar-refractivity contribution in [3.63, 3.8) is 0 Å². The molecule has 2 aromatic rings. The summed E-state index contributed by atoms with van der Waals surface area (Å²) in [5.74, 6) is 0.245. The van der Waals surface area contributed by atoms with Crippen molar-refractivity contribution in [2.45, 2.75) is 12.7 Å². The van der Waals surface area contributed by atoms with Crippen molar-refractivity contribution in [3.8, 4) is 5.75 Å². The maximum absolute atomic E-state index is 11.6. The van der Waals surface area contributed by atoms with Crippen molar-refractivity contribution in [2.24, 2.45) is 0 Å². The van der Waals surface area contributed by atoms with Gasteiger partial charge in [0.1, 0.15) is 18.5 Å². The van der Waals surface area contributed by atoms with Gasteiger partial charge in [-0.2, -0.15) is 0 Å². The Morgan fingerprint density at radius 1 is 1.25 bits per heavy atom. The fourth-order valence-electron chi connectivity index (χ4n) is 2.39. The fraction of sp³-hybridized carbons (Fsp3) is 0.188. The van der Waals surface area contributed by atoms with Crippen LogP contribution in [0.3, 0.4) is 0 Å². The predicted molar refractivity (Wildman–Crippen MR) is 72.6 cm³/mol. The molecule has 1 heterocycles. The minimum Gasteiger partial charge on any atom is -0.488 e. The highest BCUT2D eigenvalue weighted by molar-refractivity contribution is 5.89. The first-order chi connectivity index (χ1) is 9.70. The first-order valence-electron chi connectivity index (χ1n) is 6.31. The van der Waals surface area contributed by atoms with Crippen molar-refractivity contribution in [3.05, 3.63) is 64.7 Å². The van der Waals surface area contributed by atoms with Crippen LogP contribution in [0.1, 0.15) is 33.2 Å². The molecule has 1 aliphatic heterocycles. The van der Waals surface area contributed by atoms with Crippen LogP contribution < -0.4 is 4.74 Å². The van der Waals surface area contributed by atoms with Gasteiger partial charge in [-0.15, -0.1) is 0 Å². The van der Waals surface area contributed by atoms with Gasteiger partial charge in [-0.25, -0.2) is 4.79 Å². The summed E-state index contributed by atoms with van der Waals surface area (Å²) in [7, 11) is 1.34. The number of fused-ring (bicyclic) bond motifs is 2. The Bertz CT molecular complexity index is 663. The number of rotatable bonds is 1. The van der Waals surface area contributed by atoms with Crippen LogP contribution in [-0.2, 0) is 11.3 Å². The predicted octanol–water partition coefficient (Wildman–Crippen LogP) is 2.45. The minimum atomic E-state index is -0.812. The van der Waals surface area contributed by atoms with E-state index < -0.39 is 12.1 Å². The van der Waals surface area contributed by atoms with Crippen LogP contribution >= 0.6 is 0 Å². The monoisotopic (exact) mass is 270 g/mol. The van der Waals surface area contributed by atoms with Gasteiger partial charge >= 0.3 is 5.97 Å². The molecule has 0 radical (unpaired) electrons. The van der Waals surface area contributed by atoms with E-state index in [1.165, 1.54) is 7.11 Å². The average molecular weight is 270 g/mol. The van der Waals surface area contributed by atoms with Crippen LogP contribution in [0.15, 0.2) is 42.5 Å². The molecule has 3 rings (SSSR count). The lowest BCUT2D eigenvalue weighted by Gasteiger charge is -2.13. The smallest absolute Gasteiger partial charge is 0.337 e. The zero-order chi connectivity index (χ0) is 14.1. The van der Waals surface area contributed by atoms with Crippen molar-refractivity contribution in [2.75, 3.05) is 7.11 Å². The summed E-state index contributed by atoms with van der Waals surface area (Å²) in [6.07, 6.45) is -0.812. The number of benzene rings is 2. The van der Waals surface area contributed by atoms with Crippen molar-refractivity contribution < 1.29 is 19.4 Å². The molecule has 1 aliphatic rings. The molecular weight excluding hydrogens is 256 g/mol. The molecule has 0 bridgehead atoms. The number of aliphatic hydroxyl groups excluding tert-OH is 1. The Kier molecular flexibility index (Phi) is 3.16. The topological polar surface area (TPSA) is 55.8 Å². The summed E-state index contributed by atoms with van der Waals surface area (Å²) < 4.78 is 10.4. The normalized spacial score (nSPS) is 16.4. The van der Waals surface area contributed by atoms with Gasteiger partial charge in [0.2, 0.25) is 0 Å². The Morgan fingerprint density at radius 3 is 2.85 bits per heavy atom. The van der Waals surface area contributed by atoms with E-state index in [0.29, 0.717) is 29.0 Å². The highest BCUT2D eigenvalue weighted by atomic mass is 16.5. The molecule has 0 aromatic heterocycles. The van der Waals surface area contributed by atoms with E-state index in [0.717, 1.165) is 5.56 Å². The van der Waals surface area contributed by atoms with Crippen LogP contribution in [0.25, 0.3) is 0 Å². The van der Waals surface area contributed by atoms with Gasteiger partial charge in [-0.1, -0.05) is 24.3 Å². The molecule has 0 amide bonds. The molecule has 102 valence electrons. The molecule has 4 heteroatoms. The molecule has 2 aromatic carbocycles. The van der Waals surface area contributed by atoms with E-state index in [1.807, 2.05) is 24.3 Å². The van der Waals surface area contributed by atoms with E-state index in [9.17, 15) is 9.90 Å². The van der Waals surface area contributed by atoms with Gasteiger partial charge in [-0.05, 0) is 29.3 Å². The van der Waals surface area contributed by atoms with E-state index in [1.54, 1.807) is 18.2 Å². The fourth-order valence-corrected chi connectivity index (χ4v) is 2.39. The van der Waals surface area contributed by atoms with Crippen LogP contribution in [0.2, 0.25) is 0 Å². The molecule has 1 N–H and O–H groups in total. The highest BCUT2D eigenvalue weighted by Crippen LogP contribution is 2.35. The first-order valence-corrected chi connectivity index (χ1v) is 6.31. The summed E-state index contributed by atoms with van der Waals surface area (Å²) in [6, 6.07) is 12.5. The van der Waals surface area contributed by atoms with Crippen molar-refractivity contribution in [1.29, 1.82) is 0 Å². The zero-order valence-electron chi connectivity index (χ0n) is 11.0. The van der Waals surface area contributed by atoms with E-state index in [-0.39, 0.29) is 0 Å². The molecular formula is C16H14O4. The van der Waals surface area contributed by atoms with Crippen molar-refractivity contribution in [1.82, 2.24) is 0 Å². The van der Waals surface area contributed by atoms with Gasteiger partial charge in [0, 0.05) is 5.56 Å². The third-order valence-corrected chi connectivity index (χ3v) is 3.46. The van der Waals surface area contributed by atoms with Crippen LogP contribution in [0, 0.1) is 0 Å². The quantitative estimate of drug-likeness (QED) is 0.809. The molecule has 0 unspecified atom stereocenters. The SMILES string of the molecule is COC(=O)c1ccc2c(c1)[C@@H](O)c1ccccc1OC2. The lowest BCUT2D eigenvalue weighted by atomic mass is 9.95.